The van der Waals surface area contributed by atoms with E-state index in [1.165, 1.54) is 18.4 Å². The van der Waals surface area contributed by atoms with Crippen molar-refractivity contribution >= 4 is 11.6 Å². The van der Waals surface area contributed by atoms with E-state index < -0.39 is 0 Å². The Morgan fingerprint density at radius 3 is 2.75 bits per heavy atom. The minimum atomic E-state index is 0.204. The molecule has 1 fully saturated rings. The molecule has 0 bridgehead atoms. The fraction of sp³-hybridized carbons (Fsp3) is 0.400. The van der Waals surface area contributed by atoms with E-state index in [0.29, 0.717) is 5.02 Å². The van der Waals surface area contributed by atoms with Gasteiger partial charge in [-0.2, -0.15) is 0 Å². The number of hydrogen-bond donors (Lipinski definition) is 1. The van der Waals surface area contributed by atoms with Gasteiger partial charge >= 0.3 is 0 Å². The van der Waals surface area contributed by atoms with E-state index in [2.05, 4.69) is 0 Å². The largest absolute Gasteiger partial charge is 0.506 e. The van der Waals surface area contributed by atoms with Crippen molar-refractivity contribution in [3.8, 4) is 5.75 Å². The van der Waals surface area contributed by atoms with Gasteiger partial charge in [-0.25, -0.2) is 0 Å². The van der Waals surface area contributed by atoms with E-state index in [1.807, 2.05) is 6.07 Å². The van der Waals surface area contributed by atoms with Crippen LogP contribution in [0.4, 0.5) is 0 Å². The number of rotatable bonds is 2. The van der Waals surface area contributed by atoms with E-state index in [1.54, 1.807) is 12.1 Å². The summed E-state index contributed by atoms with van der Waals surface area (Å²) in [6, 6.07) is 5.51. The number of benzene rings is 1. The monoisotopic (exact) mass is 182 g/mol. The Morgan fingerprint density at radius 1 is 1.42 bits per heavy atom. The van der Waals surface area contributed by atoms with E-state index in [4.69, 9.17) is 11.6 Å². The predicted molar refractivity (Wildman–Crippen MR) is 49.5 cm³/mol. The van der Waals surface area contributed by atoms with E-state index in [-0.39, 0.29) is 5.75 Å². The second kappa shape index (κ2) is 2.98. The van der Waals surface area contributed by atoms with Crippen molar-refractivity contribution in [2.24, 2.45) is 5.92 Å². The van der Waals surface area contributed by atoms with Crippen molar-refractivity contribution < 1.29 is 5.11 Å². The Labute approximate surface area is 77.0 Å². The van der Waals surface area contributed by atoms with Crippen LogP contribution in [0.25, 0.3) is 0 Å². The number of aromatic hydroxyl groups is 1. The molecule has 64 valence electrons. The normalized spacial score (nSPS) is 16.4. The van der Waals surface area contributed by atoms with Crippen LogP contribution in [0.1, 0.15) is 18.4 Å². The van der Waals surface area contributed by atoms with Gasteiger partial charge < -0.3 is 5.11 Å². The zero-order valence-electron chi connectivity index (χ0n) is 6.76. The van der Waals surface area contributed by atoms with Gasteiger partial charge in [0.15, 0.2) is 0 Å². The van der Waals surface area contributed by atoms with Crippen LogP contribution in [0.5, 0.6) is 5.75 Å². The molecule has 2 heteroatoms. The smallest absolute Gasteiger partial charge is 0.134 e. The van der Waals surface area contributed by atoms with E-state index >= 15 is 0 Å². The Kier molecular flexibility index (Phi) is 1.97. The third kappa shape index (κ3) is 1.72. The summed E-state index contributed by atoms with van der Waals surface area (Å²) in [6.45, 7) is 0. The molecular formula is C10H11ClO. The summed E-state index contributed by atoms with van der Waals surface area (Å²) in [4.78, 5) is 0. The minimum Gasteiger partial charge on any atom is -0.506 e. The second-order valence-electron chi connectivity index (χ2n) is 3.43. The van der Waals surface area contributed by atoms with Crippen LogP contribution < -0.4 is 0 Å². The SMILES string of the molecule is Oc1cc(CC2CC2)ccc1Cl. The fourth-order valence-electron chi connectivity index (χ4n) is 1.34. The summed E-state index contributed by atoms with van der Waals surface area (Å²) in [6.07, 6.45) is 3.76. The first-order valence-electron chi connectivity index (χ1n) is 4.23. The van der Waals surface area contributed by atoms with Crippen LogP contribution in [-0.4, -0.2) is 5.11 Å². The topological polar surface area (TPSA) is 20.2 Å². The minimum absolute atomic E-state index is 0.204. The maximum absolute atomic E-state index is 9.30. The summed E-state index contributed by atoms with van der Waals surface area (Å²) >= 11 is 5.68. The molecule has 0 heterocycles. The van der Waals surface area contributed by atoms with Gasteiger partial charge in [-0.15, -0.1) is 0 Å². The number of phenolic OH excluding ortho intramolecular Hbond substituents is 1. The molecule has 1 aromatic carbocycles. The maximum Gasteiger partial charge on any atom is 0.134 e. The number of phenols is 1. The molecule has 0 spiro atoms. The van der Waals surface area contributed by atoms with Crippen molar-refractivity contribution in [2.45, 2.75) is 19.3 Å². The van der Waals surface area contributed by atoms with Gasteiger partial charge in [0.25, 0.3) is 0 Å². The highest BCUT2D eigenvalue weighted by Crippen LogP contribution is 2.34. The zero-order chi connectivity index (χ0) is 8.55. The average Bonchev–Trinajstić information content (AvgIpc) is 2.81. The van der Waals surface area contributed by atoms with Gasteiger partial charge in [0.1, 0.15) is 5.75 Å². The highest BCUT2D eigenvalue weighted by atomic mass is 35.5. The molecule has 0 radical (unpaired) electrons. The first-order valence-corrected chi connectivity index (χ1v) is 4.61. The second-order valence-corrected chi connectivity index (χ2v) is 3.84. The average molecular weight is 183 g/mol. The van der Waals surface area contributed by atoms with Crippen LogP contribution in [-0.2, 0) is 6.42 Å². The molecule has 12 heavy (non-hydrogen) atoms. The lowest BCUT2D eigenvalue weighted by Crippen LogP contribution is -1.85. The summed E-state index contributed by atoms with van der Waals surface area (Å²) in [5.74, 6) is 1.06. The molecule has 1 aliphatic rings. The van der Waals surface area contributed by atoms with Gasteiger partial charge in [-0.3, -0.25) is 0 Å². The summed E-state index contributed by atoms with van der Waals surface area (Å²) < 4.78 is 0. The first kappa shape index (κ1) is 7.93. The molecule has 0 amide bonds. The van der Waals surface area contributed by atoms with Crippen LogP contribution in [0, 0.1) is 5.92 Å². The molecule has 2 rings (SSSR count). The van der Waals surface area contributed by atoms with Crippen molar-refractivity contribution in [3.05, 3.63) is 28.8 Å². The summed E-state index contributed by atoms with van der Waals surface area (Å²) in [7, 11) is 0. The van der Waals surface area contributed by atoms with E-state index in [0.717, 1.165) is 12.3 Å². The van der Waals surface area contributed by atoms with Gasteiger partial charge in [0.05, 0.1) is 5.02 Å². The third-order valence-corrected chi connectivity index (χ3v) is 2.55. The van der Waals surface area contributed by atoms with Gasteiger partial charge in [-0.1, -0.05) is 17.7 Å². The van der Waals surface area contributed by atoms with Crippen molar-refractivity contribution in [3.63, 3.8) is 0 Å². The fourth-order valence-corrected chi connectivity index (χ4v) is 1.46. The lowest BCUT2D eigenvalue weighted by atomic mass is 10.1. The van der Waals surface area contributed by atoms with Gasteiger partial charge in [0.2, 0.25) is 0 Å². The Bertz CT molecular complexity index is 292. The van der Waals surface area contributed by atoms with Crippen LogP contribution in [0.3, 0.4) is 0 Å². The molecule has 0 aliphatic heterocycles. The van der Waals surface area contributed by atoms with Crippen LogP contribution in [0.2, 0.25) is 5.02 Å². The Balaban J connectivity index is 2.15. The predicted octanol–water partition coefficient (Wildman–Crippen LogP) is 3.00. The third-order valence-electron chi connectivity index (χ3n) is 2.23. The molecule has 1 nitrogen and oxygen atoms in total. The molecule has 1 saturated carbocycles. The summed E-state index contributed by atoms with van der Waals surface area (Å²) in [5, 5.41) is 9.74. The lowest BCUT2D eigenvalue weighted by molar-refractivity contribution is 0.474. The molecule has 1 aliphatic carbocycles. The van der Waals surface area contributed by atoms with E-state index in [9.17, 15) is 5.11 Å². The summed E-state index contributed by atoms with van der Waals surface area (Å²) in [5.41, 5.74) is 1.19. The molecule has 0 atom stereocenters. The highest BCUT2D eigenvalue weighted by molar-refractivity contribution is 6.31. The molecule has 0 aromatic heterocycles. The molecule has 0 saturated heterocycles. The number of hydrogen-bond acceptors (Lipinski definition) is 1. The van der Waals surface area contributed by atoms with Crippen molar-refractivity contribution in [1.82, 2.24) is 0 Å². The lowest BCUT2D eigenvalue weighted by Gasteiger charge is -2.01. The standard InChI is InChI=1S/C10H11ClO/c11-9-4-3-8(6-10(9)12)5-7-1-2-7/h3-4,6-7,12H,1-2,5H2. The van der Waals surface area contributed by atoms with Crippen molar-refractivity contribution in [2.75, 3.05) is 0 Å². The highest BCUT2D eigenvalue weighted by Gasteiger charge is 2.21. The van der Waals surface area contributed by atoms with Gasteiger partial charge in [-0.05, 0) is 42.9 Å². The number of halogens is 1. The quantitative estimate of drug-likeness (QED) is 0.746. The first-order chi connectivity index (χ1) is 5.75. The Morgan fingerprint density at radius 2 is 2.17 bits per heavy atom. The maximum atomic E-state index is 9.30. The molecule has 0 unspecified atom stereocenters. The Hall–Kier alpha value is -0.690. The zero-order valence-corrected chi connectivity index (χ0v) is 7.51. The molecule has 1 N–H and O–H groups in total. The molecule has 1 aromatic rings. The van der Waals surface area contributed by atoms with Crippen LogP contribution >= 0.6 is 11.6 Å². The molecular weight excluding hydrogens is 172 g/mol. The van der Waals surface area contributed by atoms with Crippen molar-refractivity contribution in [1.29, 1.82) is 0 Å². The van der Waals surface area contributed by atoms with Crippen LogP contribution in [0.15, 0.2) is 18.2 Å². The van der Waals surface area contributed by atoms with Gasteiger partial charge in [0, 0.05) is 0 Å².